The van der Waals surface area contributed by atoms with E-state index in [4.69, 9.17) is 14.2 Å². The second-order valence-electron chi connectivity index (χ2n) is 9.78. The highest BCUT2D eigenvalue weighted by atomic mass is 16.8. The predicted octanol–water partition coefficient (Wildman–Crippen LogP) is -1.41. The van der Waals surface area contributed by atoms with Crippen LogP contribution in [0.4, 0.5) is 0 Å². The minimum Gasteiger partial charge on any atom is -0.390 e. The molecule has 1 aromatic carbocycles. The van der Waals surface area contributed by atoms with Crippen molar-refractivity contribution < 1.29 is 34.6 Å². The Morgan fingerprint density at radius 1 is 0.941 bits per heavy atom. The van der Waals surface area contributed by atoms with Crippen LogP contribution in [0.5, 0.6) is 0 Å². The van der Waals surface area contributed by atoms with Crippen molar-refractivity contribution in [3.05, 3.63) is 35.4 Å². The average Bonchev–Trinajstić information content (AvgIpc) is 2.80. The second kappa shape index (κ2) is 10.1. The summed E-state index contributed by atoms with van der Waals surface area (Å²) in [7, 11) is 3.30. The number of aryl methyl sites for hydroxylation is 1. The molecule has 3 fully saturated rings. The fraction of sp³-hybridized carbons (Fsp3) is 0.750. The number of aliphatic hydroxyl groups is 4. The average molecular weight is 482 g/mol. The van der Waals surface area contributed by atoms with E-state index in [0.717, 1.165) is 12.0 Å². The van der Waals surface area contributed by atoms with Gasteiger partial charge in [-0.2, -0.15) is 0 Å². The van der Waals surface area contributed by atoms with Gasteiger partial charge in [-0.3, -0.25) is 0 Å². The van der Waals surface area contributed by atoms with Crippen LogP contribution in [0.15, 0.2) is 24.3 Å². The summed E-state index contributed by atoms with van der Waals surface area (Å²) in [5.74, 6) is -2.21. The Bertz CT molecular complexity index is 829. The molecule has 10 atom stereocenters. The van der Waals surface area contributed by atoms with Crippen LogP contribution in [0, 0.1) is 0 Å². The molecule has 2 heterocycles. The molecule has 192 valence electrons. The largest absolute Gasteiger partial charge is 0.390 e. The van der Waals surface area contributed by atoms with Gasteiger partial charge in [-0.1, -0.05) is 31.2 Å². The molecule has 0 bridgehead atoms. The van der Waals surface area contributed by atoms with E-state index in [9.17, 15) is 20.4 Å². The Morgan fingerprint density at radius 3 is 2.21 bits per heavy atom. The van der Waals surface area contributed by atoms with Gasteiger partial charge in [-0.15, -0.1) is 0 Å². The number of hydrogen-bond donors (Lipinski definition) is 7. The quantitative estimate of drug-likeness (QED) is 0.248. The monoisotopic (exact) mass is 481 g/mol. The number of ether oxygens (including phenoxy) is 3. The predicted molar refractivity (Wildman–Crippen MR) is 124 cm³/mol. The van der Waals surface area contributed by atoms with Gasteiger partial charge in [0.15, 0.2) is 0 Å². The highest BCUT2D eigenvalue weighted by Gasteiger charge is 2.68. The maximum absolute atomic E-state index is 11.7. The number of likely N-dealkylation sites (N-methyl/N-ethyl adjacent to an activating group) is 2. The van der Waals surface area contributed by atoms with Gasteiger partial charge in [-0.05, 0) is 38.6 Å². The minimum absolute atomic E-state index is 0.0262. The topological polar surface area (TPSA) is 145 Å². The molecule has 1 aliphatic carbocycles. The fourth-order valence-electron chi connectivity index (χ4n) is 5.54. The molecular weight excluding hydrogens is 442 g/mol. The molecule has 10 heteroatoms. The lowest BCUT2D eigenvalue weighted by Crippen LogP contribution is -2.81. The summed E-state index contributed by atoms with van der Waals surface area (Å²) < 4.78 is 18.0. The van der Waals surface area contributed by atoms with Gasteiger partial charge in [-0.25, -0.2) is 0 Å². The van der Waals surface area contributed by atoms with Crippen molar-refractivity contribution in [3.8, 4) is 0 Å². The van der Waals surface area contributed by atoms with Gasteiger partial charge in [0, 0.05) is 19.5 Å². The summed E-state index contributed by atoms with van der Waals surface area (Å²) in [6.07, 6.45) is -4.61. The Balaban J connectivity index is 1.54. The summed E-state index contributed by atoms with van der Waals surface area (Å²) in [6.45, 7) is 4.41. The highest BCUT2D eigenvalue weighted by molar-refractivity contribution is 5.22. The molecule has 7 N–H and O–H groups in total. The van der Waals surface area contributed by atoms with Gasteiger partial charge in [0.1, 0.15) is 23.9 Å². The molecule has 2 aliphatic heterocycles. The molecule has 1 aromatic rings. The first-order valence-electron chi connectivity index (χ1n) is 12.1. The Hall–Kier alpha value is -1.18. The van der Waals surface area contributed by atoms with Gasteiger partial charge >= 0.3 is 0 Å². The van der Waals surface area contributed by atoms with E-state index in [2.05, 4.69) is 35.0 Å². The summed E-state index contributed by atoms with van der Waals surface area (Å²) in [5, 5.41) is 54.2. The van der Waals surface area contributed by atoms with Gasteiger partial charge < -0.3 is 50.6 Å². The van der Waals surface area contributed by atoms with E-state index >= 15 is 0 Å². The zero-order valence-electron chi connectivity index (χ0n) is 20.3. The highest BCUT2D eigenvalue weighted by Crippen LogP contribution is 2.46. The molecule has 0 amide bonds. The molecule has 34 heavy (non-hydrogen) atoms. The Labute approximate surface area is 200 Å². The lowest BCUT2D eigenvalue weighted by atomic mass is 9.77. The third kappa shape index (κ3) is 4.41. The molecule has 0 spiro atoms. The van der Waals surface area contributed by atoms with Crippen molar-refractivity contribution in [3.63, 3.8) is 0 Å². The van der Waals surface area contributed by atoms with Crippen LogP contribution < -0.4 is 16.0 Å². The van der Waals surface area contributed by atoms with Crippen molar-refractivity contribution >= 4 is 0 Å². The lowest BCUT2D eigenvalue weighted by Gasteiger charge is -2.60. The Morgan fingerprint density at radius 2 is 1.59 bits per heavy atom. The number of fused-ring (bicyclic) bond motifs is 2. The maximum atomic E-state index is 11.7. The number of benzene rings is 1. The number of nitrogens with one attached hydrogen (secondary N) is 3. The molecule has 2 saturated heterocycles. The molecule has 0 radical (unpaired) electrons. The van der Waals surface area contributed by atoms with Crippen LogP contribution >= 0.6 is 0 Å². The normalized spacial score (nSPS) is 44.4. The zero-order valence-corrected chi connectivity index (χ0v) is 20.3. The molecule has 10 nitrogen and oxygen atoms in total. The standard InChI is InChI=1S/C24H39N3O7/c1-5-14-6-8-15(9-7-14)11-27-12-23(30)10-13(2)32-22-24(23,31)34-20-17(26-4)18(28)16(25-3)19(29)21(20)33-22/h6-9,13,16-22,25-31H,5,10-12H2,1-4H3/t13-,16-,17+,18+,19+,20-,21?,22+,23-,24-/m1/s1. The van der Waals surface area contributed by atoms with E-state index in [1.54, 1.807) is 21.0 Å². The molecule has 1 unspecified atom stereocenters. The number of hydrogen-bond acceptors (Lipinski definition) is 10. The van der Waals surface area contributed by atoms with Crippen LogP contribution in [0.1, 0.15) is 31.4 Å². The summed E-state index contributed by atoms with van der Waals surface area (Å²) in [6, 6.07) is 6.87. The second-order valence-corrected chi connectivity index (χ2v) is 9.78. The Kier molecular flexibility index (Phi) is 7.66. The molecular formula is C24H39N3O7. The molecule has 0 aromatic heterocycles. The first-order chi connectivity index (χ1) is 16.2. The molecule has 3 aliphatic rings. The van der Waals surface area contributed by atoms with Crippen LogP contribution in [0.2, 0.25) is 0 Å². The third-order valence-electron chi connectivity index (χ3n) is 7.53. The summed E-state index contributed by atoms with van der Waals surface area (Å²) in [5.41, 5.74) is 0.561. The van der Waals surface area contributed by atoms with Gasteiger partial charge in [0.05, 0.1) is 24.3 Å². The van der Waals surface area contributed by atoms with E-state index in [-0.39, 0.29) is 13.0 Å². The van der Waals surface area contributed by atoms with Gasteiger partial charge in [0.25, 0.3) is 0 Å². The summed E-state index contributed by atoms with van der Waals surface area (Å²) in [4.78, 5) is 0. The van der Waals surface area contributed by atoms with E-state index in [1.165, 1.54) is 5.56 Å². The van der Waals surface area contributed by atoms with Crippen molar-refractivity contribution in [2.45, 2.75) is 93.5 Å². The lowest BCUT2D eigenvalue weighted by molar-refractivity contribution is -0.482. The van der Waals surface area contributed by atoms with Crippen LogP contribution in [0.25, 0.3) is 0 Å². The fourth-order valence-corrected chi connectivity index (χ4v) is 5.54. The van der Waals surface area contributed by atoms with Gasteiger partial charge in [0.2, 0.25) is 12.1 Å². The van der Waals surface area contributed by atoms with Crippen molar-refractivity contribution in [1.82, 2.24) is 16.0 Å². The third-order valence-corrected chi connectivity index (χ3v) is 7.53. The maximum Gasteiger partial charge on any atom is 0.249 e. The van der Waals surface area contributed by atoms with Crippen molar-refractivity contribution in [2.24, 2.45) is 0 Å². The summed E-state index contributed by atoms with van der Waals surface area (Å²) >= 11 is 0. The minimum atomic E-state index is -2.21. The van der Waals surface area contributed by atoms with Crippen LogP contribution in [-0.2, 0) is 27.2 Å². The number of aliphatic hydroxyl groups excluding tert-OH is 2. The van der Waals surface area contributed by atoms with Crippen LogP contribution in [-0.4, -0.2) is 101 Å². The number of rotatable bonds is 7. The van der Waals surface area contributed by atoms with Crippen LogP contribution in [0.3, 0.4) is 0 Å². The van der Waals surface area contributed by atoms with E-state index in [0.29, 0.717) is 6.54 Å². The first kappa shape index (κ1) is 25.9. The SMILES string of the molecule is CCc1ccc(CNC[C@]2(O)C[C@@H](C)O[C@H]3OC4[C@@H](O)[C@H](NC)[C@H](O)[C@H](NC)[C@H]4O[C@]32O)cc1. The van der Waals surface area contributed by atoms with E-state index in [1.807, 2.05) is 12.1 Å². The van der Waals surface area contributed by atoms with E-state index < -0.39 is 60.3 Å². The van der Waals surface area contributed by atoms with Crippen molar-refractivity contribution in [2.75, 3.05) is 20.6 Å². The molecule has 4 rings (SSSR count). The smallest absolute Gasteiger partial charge is 0.249 e. The van der Waals surface area contributed by atoms with Crippen molar-refractivity contribution in [1.29, 1.82) is 0 Å². The molecule has 1 saturated carbocycles. The zero-order chi connectivity index (χ0) is 24.7. The first-order valence-corrected chi connectivity index (χ1v) is 12.1.